The summed E-state index contributed by atoms with van der Waals surface area (Å²) in [6, 6.07) is 0.270. The number of carbonyl (C=O) groups excluding carboxylic acids is 1. The molecule has 6 heteroatoms. The van der Waals surface area contributed by atoms with E-state index in [1.54, 1.807) is 6.92 Å². The standard InChI is InChI=1S/C14H21ClN4O/c1-4-12-17-13(15)9(2)14(18-12)19-7-5-11(6-8-19)16-10(3)20/h11H,4-8H2,1-3H3,(H,16,20). The zero-order valence-electron chi connectivity index (χ0n) is 12.2. The maximum absolute atomic E-state index is 11.1. The molecule has 1 fully saturated rings. The fourth-order valence-corrected chi connectivity index (χ4v) is 2.69. The molecule has 0 unspecified atom stereocenters. The van der Waals surface area contributed by atoms with Crippen LogP contribution in [0.1, 0.15) is 38.1 Å². The fourth-order valence-electron chi connectivity index (χ4n) is 2.51. The number of nitrogens with zero attached hydrogens (tertiary/aromatic N) is 3. The highest BCUT2D eigenvalue weighted by Gasteiger charge is 2.23. The van der Waals surface area contributed by atoms with Crippen LogP contribution < -0.4 is 10.2 Å². The van der Waals surface area contributed by atoms with Gasteiger partial charge in [0.2, 0.25) is 5.91 Å². The van der Waals surface area contributed by atoms with Gasteiger partial charge < -0.3 is 10.2 Å². The number of halogens is 1. The quantitative estimate of drug-likeness (QED) is 0.868. The molecular formula is C14H21ClN4O. The lowest BCUT2D eigenvalue weighted by Gasteiger charge is -2.34. The van der Waals surface area contributed by atoms with Gasteiger partial charge in [0.05, 0.1) is 0 Å². The van der Waals surface area contributed by atoms with E-state index >= 15 is 0 Å². The summed E-state index contributed by atoms with van der Waals surface area (Å²) in [6.07, 6.45) is 2.64. The van der Waals surface area contributed by atoms with E-state index in [4.69, 9.17) is 11.6 Å². The monoisotopic (exact) mass is 296 g/mol. The van der Waals surface area contributed by atoms with Crippen molar-refractivity contribution in [1.29, 1.82) is 0 Å². The smallest absolute Gasteiger partial charge is 0.217 e. The Hall–Kier alpha value is -1.36. The van der Waals surface area contributed by atoms with Crippen molar-refractivity contribution in [2.45, 2.75) is 46.1 Å². The van der Waals surface area contributed by atoms with Crippen molar-refractivity contribution in [2.24, 2.45) is 0 Å². The molecule has 1 saturated heterocycles. The molecule has 110 valence electrons. The number of amides is 1. The van der Waals surface area contributed by atoms with Crippen LogP contribution in [0.3, 0.4) is 0 Å². The number of hydrogen-bond donors (Lipinski definition) is 1. The van der Waals surface area contributed by atoms with Crippen molar-refractivity contribution in [3.05, 3.63) is 16.5 Å². The summed E-state index contributed by atoms with van der Waals surface area (Å²) in [4.78, 5) is 22.2. The molecule has 0 spiro atoms. The first kappa shape index (κ1) is 15.0. The number of anilines is 1. The van der Waals surface area contributed by atoms with E-state index in [0.29, 0.717) is 5.15 Å². The molecule has 1 aliphatic rings. The lowest BCUT2D eigenvalue weighted by atomic mass is 10.0. The number of nitrogens with one attached hydrogen (secondary N) is 1. The first-order valence-corrected chi connectivity index (χ1v) is 7.44. The topological polar surface area (TPSA) is 58.1 Å². The molecule has 0 aromatic carbocycles. The highest BCUT2D eigenvalue weighted by molar-refractivity contribution is 6.30. The zero-order valence-corrected chi connectivity index (χ0v) is 13.0. The van der Waals surface area contributed by atoms with Gasteiger partial charge >= 0.3 is 0 Å². The van der Waals surface area contributed by atoms with Gasteiger partial charge in [-0.25, -0.2) is 9.97 Å². The van der Waals surface area contributed by atoms with E-state index in [9.17, 15) is 4.79 Å². The van der Waals surface area contributed by atoms with Crippen LogP contribution in [0.25, 0.3) is 0 Å². The molecule has 0 bridgehead atoms. The predicted octanol–water partition coefficient (Wildman–Crippen LogP) is 2.11. The molecule has 0 saturated carbocycles. The average Bonchev–Trinajstić information content (AvgIpc) is 2.42. The molecule has 2 heterocycles. The molecule has 5 nitrogen and oxygen atoms in total. The van der Waals surface area contributed by atoms with Crippen molar-refractivity contribution in [2.75, 3.05) is 18.0 Å². The van der Waals surface area contributed by atoms with Gasteiger partial charge in [0, 0.05) is 38.0 Å². The molecule has 1 aliphatic heterocycles. The zero-order chi connectivity index (χ0) is 14.7. The molecule has 1 aromatic rings. The molecule has 1 N–H and O–H groups in total. The number of rotatable bonds is 3. The third-order valence-electron chi connectivity index (χ3n) is 3.63. The third-order valence-corrected chi connectivity index (χ3v) is 3.99. The molecule has 0 aliphatic carbocycles. The second-order valence-corrected chi connectivity index (χ2v) is 5.55. The minimum absolute atomic E-state index is 0.0398. The molecule has 2 rings (SSSR count). The minimum atomic E-state index is 0.0398. The summed E-state index contributed by atoms with van der Waals surface area (Å²) in [5.41, 5.74) is 0.932. The van der Waals surface area contributed by atoms with Crippen molar-refractivity contribution in [3.8, 4) is 0 Å². The minimum Gasteiger partial charge on any atom is -0.356 e. The van der Waals surface area contributed by atoms with E-state index in [2.05, 4.69) is 20.2 Å². The van der Waals surface area contributed by atoms with E-state index in [0.717, 1.165) is 49.6 Å². The maximum atomic E-state index is 11.1. The Labute approximate surface area is 124 Å². The van der Waals surface area contributed by atoms with Gasteiger partial charge in [0.15, 0.2) is 0 Å². The first-order chi connectivity index (χ1) is 9.51. The Morgan fingerprint density at radius 1 is 1.40 bits per heavy atom. The van der Waals surface area contributed by atoms with Gasteiger partial charge in [-0.1, -0.05) is 18.5 Å². The summed E-state index contributed by atoms with van der Waals surface area (Å²) in [7, 11) is 0. The van der Waals surface area contributed by atoms with E-state index in [1.807, 2.05) is 13.8 Å². The highest BCUT2D eigenvalue weighted by atomic mass is 35.5. The maximum Gasteiger partial charge on any atom is 0.217 e. The van der Waals surface area contributed by atoms with Crippen LogP contribution in [-0.2, 0) is 11.2 Å². The Kier molecular flexibility index (Phi) is 4.81. The van der Waals surface area contributed by atoms with Crippen LogP contribution in [0.4, 0.5) is 5.82 Å². The normalized spacial score (nSPS) is 16.3. The largest absolute Gasteiger partial charge is 0.356 e. The summed E-state index contributed by atoms with van der Waals surface area (Å²) < 4.78 is 0. The number of aryl methyl sites for hydroxylation is 1. The number of hydrogen-bond acceptors (Lipinski definition) is 4. The Bertz CT molecular complexity index is 498. The van der Waals surface area contributed by atoms with Gasteiger partial charge in [0.1, 0.15) is 16.8 Å². The van der Waals surface area contributed by atoms with Gasteiger partial charge in [0.25, 0.3) is 0 Å². The lowest BCUT2D eigenvalue weighted by Crippen LogP contribution is -2.44. The fraction of sp³-hybridized carbons (Fsp3) is 0.643. The third kappa shape index (κ3) is 3.39. The summed E-state index contributed by atoms with van der Waals surface area (Å²) >= 11 is 6.18. The molecular weight excluding hydrogens is 276 g/mol. The van der Waals surface area contributed by atoms with Crippen molar-refractivity contribution < 1.29 is 4.79 Å². The molecule has 20 heavy (non-hydrogen) atoms. The summed E-state index contributed by atoms with van der Waals surface area (Å²) in [5, 5.41) is 3.52. The second kappa shape index (κ2) is 6.39. The van der Waals surface area contributed by atoms with E-state index < -0.39 is 0 Å². The molecule has 1 amide bonds. The number of piperidine rings is 1. The van der Waals surface area contributed by atoms with E-state index in [1.165, 1.54) is 0 Å². The van der Waals surface area contributed by atoms with Crippen LogP contribution in [0.5, 0.6) is 0 Å². The van der Waals surface area contributed by atoms with Crippen LogP contribution in [0, 0.1) is 6.92 Å². The summed E-state index contributed by atoms with van der Waals surface area (Å²) in [5.74, 6) is 1.75. The SMILES string of the molecule is CCc1nc(Cl)c(C)c(N2CCC(NC(C)=O)CC2)n1. The Morgan fingerprint density at radius 2 is 2.05 bits per heavy atom. The first-order valence-electron chi connectivity index (χ1n) is 7.06. The van der Waals surface area contributed by atoms with Crippen LogP contribution >= 0.6 is 11.6 Å². The van der Waals surface area contributed by atoms with Gasteiger partial charge in [-0.15, -0.1) is 0 Å². The van der Waals surface area contributed by atoms with Crippen molar-refractivity contribution >= 4 is 23.3 Å². The second-order valence-electron chi connectivity index (χ2n) is 5.19. The molecule has 0 radical (unpaired) electrons. The van der Waals surface area contributed by atoms with Gasteiger partial charge in [-0.05, 0) is 19.8 Å². The van der Waals surface area contributed by atoms with Crippen molar-refractivity contribution in [3.63, 3.8) is 0 Å². The Morgan fingerprint density at radius 3 is 2.60 bits per heavy atom. The van der Waals surface area contributed by atoms with Crippen LogP contribution in [0.2, 0.25) is 5.15 Å². The predicted molar refractivity (Wildman–Crippen MR) is 80.2 cm³/mol. The number of aromatic nitrogens is 2. The van der Waals surface area contributed by atoms with Crippen LogP contribution in [0.15, 0.2) is 0 Å². The van der Waals surface area contributed by atoms with Crippen LogP contribution in [-0.4, -0.2) is 35.0 Å². The summed E-state index contributed by atoms with van der Waals surface area (Å²) in [6.45, 7) is 7.30. The van der Waals surface area contributed by atoms with Crippen molar-refractivity contribution in [1.82, 2.24) is 15.3 Å². The average molecular weight is 297 g/mol. The highest BCUT2D eigenvalue weighted by Crippen LogP contribution is 2.26. The van der Waals surface area contributed by atoms with Gasteiger partial charge in [-0.3, -0.25) is 4.79 Å². The lowest BCUT2D eigenvalue weighted by molar-refractivity contribution is -0.119. The molecule has 0 atom stereocenters. The van der Waals surface area contributed by atoms with Gasteiger partial charge in [-0.2, -0.15) is 0 Å². The number of carbonyl (C=O) groups is 1. The van der Waals surface area contributed by atoms with E-state index in [-0.39, 0.29) is 11.9 Å². The molecule has 1 aromatic heterocycles. The Balaban J connectivity index is 2.10.